The lowest BCUT2D eigenvalue weighted by molar-refractivity contribution is 0.111. The van der Waals surface area contributed by atoms with Gasteiger partial charge in [-0.3, -0.25) is 9.78 Å². The summed E-state index contributed by atoms with van der Waals surface area (Å²) in [5, 5.41) is 0. The number of rotatable bonds is 2. The molecule has 1 heterocycles. The summed E-state index contributed by atoms with van der Waals surface area (Å²) in [7, 11) is 0. The van der Waals surface area contributed by atoms with Gasteiger partial charge in [0.2, 0.25) is 0 Å². The van der Waals surface area contributed by atoms with Crippen molar-refractivity contribution < 1.29 is 18.0 Å². The number of aldehydes is 1. The molecular formula is C12H6F3NO. The first-order valence-corrected chi connectivity index (χ1v) is 4.68. The van der Waals surface area contributed by atoms with E-state index in [2.05, 4.69) is 4.98 Å². The first kappa shape index (κ1) is 11.3. The van der Waals surface area contributed by atoms with Crippen molar-refractivity contribution in [3.63, 3.8) is 0 Å². The van der Waals surface area contributed by atoms with Crippen molar-refractivity contribution >= 4 is 6.29 Å². The highest BCUT2D eigenvalue weighted by Gasteiger charge is 2.12. The summed E-state index contributed by atoms with van der Waals surface area (Å²) in [4.78, 5) is 14.1. The van der Waals surface area contributed by atoms with E-state index in [1.165, 1.54) is 12.1 Å². The third-order valence-electron chi connectivity index (χ3n) is 2.24. The number of hydrogen-bond donors (Lipinski definition) is 0. The Hall–Kier alpha value is -2.17. The summed E-state index contributed by atoms with van der Waals surface area (Å²) in [5.41, 5.74) is -0.364. The summed E-state index contributed by atoms with van der Waals surface area (Å²) < 4.78 is 39.4. The van der Waals surface area contributed by atoms with Gasteiger partial charge in [0, 0.05) is 5.56 Å². The molecular weight excluding hydrogens is 231 g/mol. The van der Waals surface area contributed by atoms with Gasteiger partial charge in [-0.15, -0.1) is 0 Å². The molecule has 1 aromatic heterocycles. The normalized spacial score (nSPS) is 10.3. The fraction of sp³-hybridized carbons (Fsp3) is 0. The number of hydrogen-bond acceptors (Lipinski definition) is 2. The average molecular weight is 237 g/mol. The van der Waals surface area contributed by atoms with Crippen molar-refractivity contribution in [3.8, 4) is 11.3 Å². The zero-order valence-corrected chi connectivity index (χ0v) is 8.45. The van der Waals surface area contributed by atoms with Crippen molar-refractivity contribution in [2.24, 2.45) is 0 Å². The second-order valence-corrected chi connectivity index (χ2v) is 3.31. The summed E-state index contributed by atoms with van der Waals surface area (Å²) >= 11 is 0. The van der Waals surface area contributed by atoms with Gasteiger partial charge in [0.1, 0.15) is 0 Å². The monoisotopic (exact) mass is 237 g/mol. The molecule has 5 heteroatoms. The van der Waals surface area contributed by atoms with Gasteiger partial charge in [0.05, 0.1) is 17.5 Å². The number of carbonyl (C=O) groups is 1. The van der Waals surface area contributed by atoms with Gasteiger partial charge in [-0.2, -0.15) is 0 Å². The van der Waals surface area contributed by atoms with Crippen LogP contribution in [-0.2, 0) is 0 Å². The van der Waals surface area contributed by atoms with E-state index in [4.69, 9.17) is 0 Å². The zero-order valence-electron chi connectivity index (χ0n) is 8.45. The molecule has 0 saturated heterocycles. The SMILES string of the molecule is O=Cc1cc(-c2cccc(F)c2F)ncc1F. The van der Waals surface area contributed by atoms with Gasteiger partial charge in [-0.1, -0.05) is 6.07 Å². The van der Waals surface area contributed by atoms with Gasteiger partial charge in [-0.05, 0) is 18.2 Å². The van der Waals surface area contributed by atoms with Crippen LogP contribution in [0.2, 0.25) is 0 Å². The Bertz CT molecular complexity index is 584. The second-order valence-electron chi connectivity index (χ2n) is 3.31. The van der Waals surface area contributed by atoms with Crippen LogP contribution in [0.3, 0.4) is 0 Å². The third-order valence-corrected chi connectivity index (χ3v) is 2.24. The van der Waals surface area contributed by atoms with Crippen molar-refractivity contribution in [2.75, 3.05) is 0 Å². The number of halogens is 3. The first-order chi connectivity index (χ1) is 8.13. The maximum atomic E-state index is 13.4. The molecule has 0 fully saturated rings. The van der Waals surface area contributed by atoms with E-state index in [1.54, 1.807) is 0 Å². The fourth-order valence-corrected chi connectivity index (χ4v) is 1.39. The molecule has 0 radical (unpaired) electrons. The van der Waals surface area contributed by atoms with Crippen LogP contribution in [0.5, 0.6) is 0 Å². The molecule has 0 N–H and O–H groups in total. The summed E-state index contributed by atoms with van der Waals surface area (Å²) in [6.07, 6.45) is 1.08. The number of nitrogens with zero attached hydrogens (tertiary/aromatic N) is 1. The average Bonchev–Trinajstić information content (AvgIpc) is 2.34. The lowest BCUT2D eigenvalue weighted by Gasteiger charge is -2.04. The second kappa shape index (κ2) is 4.37. The first-order valence-electron chi connectivity index (χ1n) is 4.68. The van der Waals surface area contributed by atoms with Gasteiger partial charge in [0.25, 0.3) is 0 Å². The lowest BCUT2D eigenvalue weighted by atomic mass is 10.1. The van der Waals surface area contributed by atoms with Crippen LogP contribution < -0.4 is 0 Å². The molecule has 0 aliphatic heterocycles. The van der Waals surface area contributed by atoms with Crippen LogP contribution in [0.25, 0.3) is 11.3 Å². The highest BCUT2D eigenvalue weighted by Crippen LogP contribution is 2.23. The highest BCUT2D eigenvalue weighted by molar-refractivity contribution is 5.78. The lowest BCUT2D eigenvalue weighted by Crippen LogP contribution is -1.95. The molecule has 0 aliphatic carbocycles. The minimum Gasteiger partial charge on any atom is -0.298 e. The summed E-state index contributed by atoms with van der Waals surface area (Å²) in [6.45, 7) is 0. The van der Waals surface area contributed by atoms with Crippen LogP contribution in [0, 0.1) is 17.5 Å². The molecule has 17 heavy (non-hydrogen) atoms. The van der Waals surface area contributed by atoms with Crippen molar-refractivity contribution in [2.45, 2.75) is 0 Å². The van der Waals surface area contributed by atoms with Crippen molar-refractivity contribution in [1.82, 2.24) is 4.98 Å². The maximum Gasteiger partial charge on any atom is 0.168 e. The van der Waals surface area contributed by atoms with Gasteiger partial charge in [0.15, 0.2) is 23.7 Å². The Morgan fingerprint density at radius 3 is 2.59 bits per heavy atom. The minimum atomic E-state index is -1.08. The van der Waals surface area contributed by atoms with E-state index < -0.39 is 17.5 Å². The molecule has 0 amide bonds. The smallest absolute Gasteiger partial charge is 0.168 e. The van der Waals surface area contributed by atoms with E-state index in [0.29, 0.717) is 0 Å². The number of pyridine rings is 1. The number of benzene rings is 1. The van der Waals surface area contributed by atoms with Crippen LogP contribution in [0.15, 0.2) is 30.5 Å². The molecule has 0 bridgehead atoms. The molecule has 0 unspecified atom stereocenters. The Kier molecular flexibility index (Phi) is 2.91. The molecule has 2 nitrogen and oxygen atoms in total. The predicted molar refractivity (Wildman–Crippen MR) is 54.9 cm³/mol. The Labute approximate surface area is 94.7 Å². The fourth-order valence-electron chi connectivity index (χ4n) is 1.39. The van der Waals surface area contributed by atoms with Gasteiger partial charge >= 0.3 is 0 Å². The maximum absolute atomic E-state index is 13.4. The van der Waals surface area contributed by atoms with E-state index >= 15 is 0 Å². The molecule has 2 aromatic rings. The van der Waals surface area contributed by atoms with Crippen LogP contribution in [0.4, 0.5) is 13.2 Å². The van der Waals surface area contributed by atoms with E-state index in [1.807, 2.05) is 0 Å². The standard InChI is InChI=1S/C12H6F3NO/c13-9-3-1-2-8(12(9)15)11-4-7(6-17)10(14)5-16-11/h1-6H. The van der Waals surface area contributed by atoms with E-state index in [0.717, 1.165) is 18.3 Å². The quantitative estimate of drug-likeness (QED) is 0.751. The molecule has 1 aromatic carbocycles. The van der Waals surface area contributed by atoms with Crippen molar-refractivity contribution in [1.29, 1.82) is 0 Å². The topological polar surface area (TPSA) is 30.0 Å². The molecule has 0 spiro atoms. The minimum absolute atomic E-state index is 0.00509. The Morgan fingerprint density at radius 2 is 1.88 bits per heavy atom. The molecule has 0 aliphatic rings. The summed E-state index contributed by atoms with van der Waals surface area (Å²) in [5.74, 6) is -2.91. The summed E-state index contributed by atoms with van der Waals surface area (Å²) in [6, 6.07) is 4.63. The van der Waals surface area contributed by atoms with Crippen molar-refractivity contribution in [3.05, 3.63) is 53.5 Å². The number of aromatic nitrogens is 1. The Morgan fingerprint density at radius 1 is 1.12 bits per heavy atom. The molecule has 2 rings (SSSR count). The molecule has 0 atom stereocenters. The molecule has 86 valence electrons. The third kappa shape index (κ3) is 2.04. The van der Waals surface area contributed by atoms with E-state index in [-0.39, 0.29) is 23.1 Å². The molecule has 0 saturated carbocycles. The van der Waals surface area contributed by atoms with Crippen LogP contribution in [-0.4, -0.2) is 11.3 Å². The van der Waals surface area contributed by atoms with Crippen LogP contribution >= 0.6 is 0 Å². The largest absolute Gasteiger partial charge is 0.298 e. The zero-order chi connectivity index (χ0) is 12.4. The highest BCUT2D eigenvalue weighted by atomic mass is 19.2. The predicted octanol–water partition coefficient (Wildman–Crippen LogP) is 2.98. The number of carbonyl (C=O) groups excluding carboxylic acids is 1. The van der Waals surface area contributed by atoms with E-state index in [9.17, 15) is 18.0 Å². The van der Waals surface area contributed by atoms with Gasteiger partial charge in [-0.25, -0.2) is 13.2 Å². The Balaban J connectivity index is 2.61. The van der Waals surface area contributed by atoms with Crippen LogP contribution in [0.1, 0.15) is 10.4 Å². The van der Waals surface area contributed by atoms with Gasteiger partial charge < -0.3 is 0 Å².